The predicted molar refractivity (Wildman–Crippen MR) is 86.4 cm³/mol. The van der Waals surface area contributed by atoms with Crippen LogP contribution in [0.25, 0.3) is 0 Å². The van der Waals surface area contributed by atoms with Gasteiger partial charge in [-0.3, -0.25) is 4.98 Å². The second-order valence-corrected chi connectivity index (χ2v) is 5.63. The van der Waals surface area contributed by atoms with Gasteiger partial charge in [-0.1, -0.05) is 38.0 Å². The van der Waals surface area contributed by atoms with E-state index in [1.54, 1.807) is 12.4 Å². The van der Waals surface area contributed by atoms with Crippen molar-refractivity contribution in [2.24, 2.45) is 0 Å². The van der Waals surface area contributed by atoms with Crippen LogP contribution in [0.2, 0.25) is 0 Å². The lowest BCUT2D eigenvalue weighted by atomic mass is 10.1. The van der Waals surface area contributed by atoms with Gasteiger partial charge in [-0.15, -0.1) is 0 Å². The molecule has 1 aromatic heterocycles. The molecule has 2 heterocycles. The van der Waals surface area contributed by atoms with Crippen molar-refractivity contribution in [1.29, 1.82) is 0 Å². The van der Waals surface area contributed by atoms with Crippen LogP contribution in [0.5, 0.6) is 5.75 Å². The minimum absolute atomic E-state index is 0.485. The molecule has 3 heteroatoms. The number of nitrogens with one attached hydrogen (secondary N) is 1. The lowest BCUT2D eigenvalue weighted by molar-refractivity contribution is 0.276. The summed E-state index contributed by atoms with van der Waals surface area (Å²) >= 11 is 0. The van der Waals surface area contributed by atoms with Crippen LogP contribution >= 0.6 is 0 Å². The molecule has 1 saturated heterocycles. The Morgan fingerprint density at radius 2 is 2.29 bits per heavy atom. The lowest BCUT2D eigenvalue weighted by Gasteiger charge is -2.11. The summed E-state index contributed by atoms with van der Waals surface area (Å²) in [5.41, 5.74) is 0.947. The van der Waals surface area contributed by atoms with Gasteiger partial charge in [0.1, 0.15) is 12.4 Å². The van der Waals surface area contributed by atoms with Crippen LogP contribution in [0.3, 0.4) is 0 Å². The molecule has 1 N–H and O–H groups in total. The summed E-state index contributed by atoms with van der Waals surface area (Å²) in [4.78, 5) is 4.21. The van der Waals surface area contributed by atoms with Gasteiger partial charge in [0.2, 0.25) is 0 Å². The highest BCUT2D eigenvalue weighted by atomic mass is 16.5. The molecule has 1 aliphatic rings. The van der Waals surface area contributed by atoms with Crippen molar-refractivity contribution in [3.05, 3.63) is 24.0 Å². The molecule has 1 fully saturated rings. The second kappa shape index (κ2) is 9.41. The van der Waals surface area contributed by atoms with Gasteiger partial charge in [0.25, 0.3) is 0 Å². The smallest absolute Gasteiger partial charge is 0.138 e. The van der Waals surface area contributed by atoms with E-state index in [0.29, 0.717) is 6.04 Å². The summed E-state index contributed by atoms with van der Waals surface area (Å²) in [5, 5.41) is 3.43. The summed E-state index contributed by atoms with van der Waals surface area (Å²) in [6.45, 7) is 4.05. The average Bonchev–Trinajstić information content (AvgIpc) is 3.03. The summed E-state index contributed by atoms with van der Waals surface area (Å²) in [6.07, 6.45) is 12.0. The Morgan fingerprint density at radius 1 is 1.33 bits per heavy atom. The molecule has 0 amide bonds. The molecule has 1 atom stereocenters. The number of unbranched alkanes of at least 4 members (excludes halogenated alkanes) is 4. The highest BCUT2D eigenvalue weighted by Crippen LogP contribution is 2.13. The van der Waals surface area contributed by atoms with Gasteiger partial charge in [0.15, 0.2) is 0 Å². The topological polar surface area (TPSA) is 34.1 Å². The van der Waals surface area contributed by atoms with Crippen LogP contribution in [-0.2, 0) is 0 Å². The number of hydrogen-bond donors (Lipinski definition) is 1. The molecule has 0 aliphatic carbocycles. The zero-order valence-electron chi connectivity index (χ0n) is 13.0. The van der Waals surface area contributed by atoms with E-state index in [1.807, 2.05) is 6.07 Å². The van der Waals surface area contributed by atoms with Gasteiger partial charge < -0.3 is 10.1 Å². The first-order valence-electron chi connectivity index (χ1n) is 8.18. The Balaban J connectivity index is 1.75. The Labute approximate surface area is 128 Å². The minimum atomic E-state index is 0.485. The zero-order valence-corrected chi connectivity index (χ0v) is 13.0. The molecule has 0 saturated carbocycles. The van der Waals surface area contributed by atoms with Crippen LogP contribution in [-0.4, -0.2) is 24.2 Å². The van der Waals surface area contributed by atoms with Gasteiger partial charge in [0.05, 0.1) is 6.20 Å². The minimum Gasteiger partial charge on any atom is -0.490 e. The van der Waals surface area contributed by atoms with E-state index in [0.717, 1.165) is 30.9 Å². The number of aromatic nitrogens is 1. The maximum atomic E-state index is 5.80. The van der Waals surface area contributed by atoms with Gasteiger partial charge >= 0.3 is 0 Å². The average molecular weight is 286 g/mol. The Hall–Kier alpha value is -1.53. The van der Waals surface area contributed by atoms with Crippen molar-refractivity contribution in [1.82, 2.24) is 10.3 Å². The molecule has 0 aromatic carbocycles. The SMILES string of the molecule is CCCCCCC#Cc1cncc(OC[C@@H]2CCCN2)c1. The van der Waals surface area contributed by atoms with Gasteiger partial charge in [-0.05, 0) is 31.9 Å². The molecule has 0 bridgehead atoms. The zero-order chi connectivity index (χ0) is 14.8. The van der Waals surface area contributed by atoms with Crippen molar-refractivity contribution in [3.8, 4) is 17.6 Å². The Morgan fingerprint density at radius 3 is 3.10 bits per heavy atom. The summed E-state index contributed by atoms with van der Waals surface area (Å²) in [7, 11) is 0. The van der Waals surface area contributed by atoms with Crippen molar-refractivity contribution in [3.63, 3.8) is 0 Å². The van der Waals surface area contributed by atoms with Crippen LogP contribution < -0.4 is 10.1 Å². The highest BCUT2D eigenvalue weighted by Gasteiger charge is 2.14. The highest BCUT2D eigenvalue weighted by molar-refractivity contribution is 5.36. The number of rotatable bonds is 7. The van der Waals surface area contributed by atoms with Crippen LogP contribution in [0.1, 0.15) is 57.4 Å². The fourth-order valence-electron chi connectivity index (χ4n) is 2.47. The molecule has 1 aliphatic heterocycles. The van der Waals surface area contributed by atoms with E-state index in [9.17, 15) is 0 Å². The van der Waals surface area contributed by atoms with Crippen LogP contribution in [0.15, 0.2) is 18.5 Å². The van der Waals surface area contributed by atoms with Crippen molar-refractivity contribution in [2.75, 3.05) is 13.2 Å². The van der Waals surface area contributed by atoms with Crippen molar-refractivity contribution < 1.29 is 4.74 Å². The molecule has 1 aromatic rings. The number of pyridine rings is 1. The maximum absolute atomic E-state index is 5.80. The predicted octanol–water partition coefficient (Wildman–Crippen LogP) is 3.53. The molecule has 3 nitrogen and oxygen atoms in total. The van der Waals surface area contributed by atoms with E-state index in [1.165, 1.54) is 38.5 Å². The standard InChI is InChI=1S/C18H26N2O/c1-2-3-4-5-6-7-9-16-12-18(14-19-13-16)21-15-17-10-8-11-20-17/h12-14,17,20H,2-6,8,10-11,15H2,1H3/t17-/m0/s1. The van der Waals surface area contributed by atoms with E-state index in [2.05, 4.69) is 29.1 Å². The van der Waals surface area contributed by atoms with Crippen molar-refractivity contribution in [2.45, 2.75) is 57.9 Å². The first kappa shape index (κ1) is 15.9. The third-order valence-electron chi connectivity index (χ3n) is 3.71. The van der Waals surface area contributed by atoms with E-state index < -0.39 is 0 Å². The molecule has 0 spiro atoms. The molecule has 2 rings (SSSR count). The van der Waals surface area contributed by atoms with E-state index >= 15 is 0 Å². The number of hydrogen-bond acceptors (Lipinski definition) is 3. The number of ether oxygens (including phenoxy) is 1. The van der Waals surface area contributed by atoms with Crippen LogP contribution in [0, 0.1) is 11.8 Å². The van der Waals surface area contributed by atoms with E-state index in [4.69, 9.17) is 4.74 Å². The van der Waals surface area contributed by atoms with Gasteiger partial charge in [-0.25, -0.2) is 0 Å². The lowest BCUT2D eigenvalue weighted by Crippen LogP contribution is -2.28. The molecule has 114 valence electrons. The monoisotopic (exact) mass is 286 g/mol. The maximum Gasteiger partial charge on any atom is 0.138 e. The molecular weight excluding hydrogens is 260 g/mol. The molecule has 0 unspecified atom stereocenters. The Kier molecular flexibility index (Phi) is 7.11. The summed E-state index contributed by atoms with van der Waals surface area (Å²) in [6, 6.07) is 2.47. The molecule has 0 radical (unpaired) electrons. The fourth-order valence-corrected chi connectivity index (χ4v) is 2.47. The fraction of sp³-hybridized carbons (Fsp3) is 0.611. The third kappa shape index (κ3) is 6.18. The van der Waals surface area contributed by atoms with E-state index in [-0.39, 0.29) is 0 Å². The van der Waals surface area contributed by atoms with Gasteiger partial charge in [0, 0.05) is 24.2 Å². The largest absolute Gasteiger partial charge is 0.490 e. The second-order valence-electron chi connectivity index (χ2n) is 5.63. The van der Waals surface area contributed by atoms with Gasteiger partial charge in [-0.2, -0.15) is 0 Å². The normalized spacial score (nSPS) is 17.3. The summed E-state index contributed by atoms with van der Waals surface area (Å²) in [5.74, 6) is 7.23. The third-order valence-corrected chi connectivity index (χ3v) is 3.71. The number of nitrogens with zero attached hydrogens (tertiary/aromatic N) is 1. The summed E-state index contributed by atoms with van der Waals surface area (Å²) < 4.78 is 5.80. The van der Waals surface area contributed by atoms with Crippen LogP contribution in [0.4, 0.5) is 0 Å². The first-order valence-corrected chi connectivity index (χ1v) is 8.18. The molecular formula is C18H26N2O. The molecule has 21 heavy (non-hydrogen) atoms. The van der Waals surface area contributed by atoms with Crippen molar-refractivity contribution >= 4 is 0 Å². The quantitative estimate of drug-likeness (QED) is 0.615. The first-order chi connectivity index (χ1) is 10.4. The Bertz CT molecular complexity index is 470.